The lowest BCUT2D eigenvalue weighted by Gasteiger charge is -2.11. The molecule has 2 heterocycles. The Kier molecular flexibility index (Phi) is 1.39. The fourth-order valence-electron chi connectivity index (χ4n) is 0.866. The second-order valence-corrected chi connectivity index (χ2v) is 3.94. The van der Waals surface area contributed by atoms with Crippen LogP contribution in [0, 0.1) is 0 Å². The molecule has 0 saturated heterocycles. The van der Waals surface area contributed by atoms with E-state index in [-0.39, 0.29) is 0 Å². The van der Waals surface area contributed by atoms with Gasteiger partial charge in [-0.05, 0) is 11.4 Å². The number of fused-ring (bicyclic) bond motifs is 1. The molecular weight excluding hydrogens is 150 g/mol. The minimum atomic E-state index is 1.12. The molecule has 0 aliphatic carbocycles. The van der Waals surface area contributed by atoms with Crippen LogP contribution in [0.3, 0.4) is 0 Å². The third kappa shape index (κ3) is 0.946. The first kappa shape index (κ1) is 5.62. The summed E-state index contributed by atoms with van der Waals surface area (Å²) in [7, 11) is 0. The van der Waals surface area contributed by atoms with Crippen LogP contribution < -0.4 is 5.32 Å². The number of hydrogen-bond donors (Lipinski definition) is 1. The molecule has 48 valence electrons. The van der Waals surface area contributed by atoms with Crippen molar-refractivity contribution in [1.82, 2.24) is 0 Å². The van der Waals surface area contributed by atoms with Crippen molar-refractivity contribution in [1.29, 1.82) is 0 Å². The van der Waals surface area contributed by atoms with Crippen LogP contribution in [0.5, 0.6) is 0 Å². The monoisotopic (exact) mass is 157 g/mol. The molecule has 1 aromatic heterocycles. The molecule has 3 heteroatoms. The number of thiophene rings is 1. The summed E-state index contributed by atoms with van der Waals surface area (Å²) in [4.78, 5) is 1.42. The Morgan fingerprint density at radius 2 is 2.56 bits per heavy atom. The summed E-state index contributed by atoms with van der Waals surface area (Å²) in [5.41, 5.74) is 0. The summed E-state index contributed by atoms with van der Waals surface area (Å²) in [6.45, 7) is 1.12. The van der Waals surface area contributed by atoms with Gasteiger partial charge < -0.3 is 5.32 Å². The Balaban J connectivity index is 2.39. The van der Waals surface area contributed by atoms with Crippen molar-refractivity contribution in [2.75, 3.05) is 17.6 Å². The first-order chi connectivity index (χ1) is 4.47. The Morgan fingerprint density at radius 1 is 1.56 bits per heavy atom. The molecular formula is C6H7NS2. The maximum Gasteiger partial charge on any atom is 0.102 e. The topological polar surface area (TPSA) is 12.0 Å². The number of rotatable bonds is 0. The number of thioether (sulfide) groups is 1. The van der Waals surface area contributed by atoms with Crippen molar-refractivity contribution in [3.05, 3.63) is 11.4 Å². The van der Waals surface area contributed by atoms with E-state index in [1.165, 1.54) is 15.6 Å². The van der Waals surface area contributed by atoms with Crippen LogP contribution in [0.15, 0.2) is 16.3 Å². The predicted octanol–water partition coefficient (Wildman–Crippen LogP) is 2.27. The van der Waals surface area contributed by atoms with Crippen molar-refractivity contribution in [2.45, 2.75) is 4.90 Å². The maximum absolute atomic E-state index is 3.34. The van der Waals surface area contributed by atoms with Gasteiger partial charge in [0, 0.05) is 17.2 Å². The van der Waals surface area contributed by atoms with Crippen molar-refractivity contribution in [3.63, 3.8) is 0 Å². The Bertz CT molecular complexity index is 186. The summed E-state index contributed by atoms with van der Waals surface area (Å²) in [6.07, 6.45) is 0. The molecule has 0 saturated carbocycles. The highest BCUT2D eigenvalue weighted by Crippen LogP contribution is 2.34. The van der Waals surface area contributed by atoms with Gasteiger partial charge >= 0.3 is 0 Å². The summed E-state index contributed by atoms with van der Waals surface area (Å²) in [6, 6.07) is 2.18. The molecule has 2 rings (SSSR count). The molecule has 1 aliphatic rings. The van der Waals surface area contributed by atoms with Gasteiger partial charge in [0.25, 0.3) is 0 Å². The number of nitrogens with one attached hydrogen (secondary N) is 1. The summed E-state index contributed by atoms with van der Waals surface area (Å²) >= 11 is 3.74. The molecule has 1 aliphatic heterocycles. The first-order valence-electron chi connectivity index (χ1n) is 2.91. The summed E-state index contributed by atoms with van der Waals surface area (Å²) in [5, 5.41) is 6.83. The molecule has 0 amide bonds. The van der Waals surface area contributed by atoms with E-state index in [1.807, 2.05) is 11.8 Å². The van der Waals surface area contributed by atoms with Crippen molar-refractivity contribution < 1.29 is 0 Å². The van der Waals surface area contributed by atoms with Gasteiger partial charge in [-0.15, -0.1) is 23.1 Å². The van der Waals surface area contributed by atoms with E-state index in [9.17, 15) is 0 Å². The predicted molar refractivity (Wildman–Crippen MR) is 43.5 cm³/mol. The number of anilines is 1. The lowest BCUT2D eigenvalue weighted by molar-refractivity contribution is 1.20. The second-order valence-electron chi connectivity index (χ2n) is 1.89. The van der Waals surface area contributed by atoms with Gasteiger partial charge in [0.2, 0.25) is 0 Å². The highest BCUT2D eigenvalue weighted by atomic mass is 32.2. The third-order valence-electron chi connectivity index (χ3n) is 1.27. The molecule has 0 aromatic carbocycles. The highest BCUT2D eigenvalue weighted by molar-refractivity contribution is 7.99. The average molecular weight is 157 g/mol. The zero-order chi connectivity index (χ0) is 6.10. The van der Waals surface area contributed by atoms with Crippen LogP contribution >= 0.6 is 23.1 Å². The molecule has 0 spiro atoms. The molecule has 9 heavy (non-hydrogen) atoms. The molecule has 1 aromatic rings. The molecule has 1 N–H and O–H groups in total. The van der Waals surface area contributed by atoms with Gasteiger partial charge in [-0.25, -0.2) is 0 Å². The van der Waals surface area contributed by atoms with E-state index >= 15 is 0 Å². The Morgan fingerprint density at radius 3 is 3.44 bits per heavy atom. The zero-order valence-corrected chi connectivity index (χ0v) is 6.52. The molecule has 1 nitrogen and oxygen atoms in total. The van der Waals surface area contributed by atoms with Gasteiger partial charge in [0.15, 0.2) is 0 Å². The first-order valence-corrected chi connectivity index (χ1v) is 4.77. The zero-order valence-electron chi connectivity index (χ0n) is 4.89. The van der Waals surface area contributed by atoms with Crippen molar-refractivity contribution in [2.24, 2.45) is 0 Å². The van der Waals surface area contributed by atoms with Crippen LogP contribution in [-0.2, 0) is 0 Å². The van der Waals surface area contributed by atoms with Gasteiger partial charge in [-0.1, -0.05) is 0 Å². The normalized spacial score (nSPS) is 16.4. The molecule has 0 radical (unpaired) electrons. The van der Waals surface area contributed by atoms with E-state index < -0.39 is 0 Å². The lowest BCUT2D eigenvalue weighted by atomic mass is 10.6. The Hall–Kier alpha value is -0.150. The van der Waals surface area contributed by atoms with Crippen molar-refractivity contribution >= 4 is 28.1 Å². The molecule has 0 fully saturated rings. The minimum absolute atomic E-state index is 1.12. The van der Waals surface area contributed by atoms with Gasteiger partial charge in [0.1, 0.15) is 5.00 Å². The van der Waals surface area contributed by atoms with Gasteiger partial charge in [0.05, 0.1) is 0 Å². The van der Waals surface area contributed by atoms with Crippen LogP contribution in [0.4, 0.5) is 5.00 Å². The van der Waals surface area contributed by atoms with E-state index in [0.29, 0.717) is 0 Å². The summed E-state index contributed by atoms with van der Waals surface area (Å²) < 4.78 is 0. The highest BCUT2D eigenvalue weighted by Gasteiger charge is 2.07. The fourth-order valence-corrected chi connectivity index (χ4v) is 2.77. The molecule has 0 atom stereocenters. The third-order valence-corrected chi connectivity index (χ3v) is 3.34. The second kappa shape index (κ2) is 2.23. The standard InChI is InChI=1S/C6H7NS2/c1-3-9-6-5(1)8-4-2-7-6/h1,3,7H,2,4H2. The molecule has 0 unspecified atom stereocenters. The molecule has 0 bridgehead atoms. The smallest absolute Gasteiger partial charge is 0.102 e. The fraction of sp³-hybridized carbons (Fsp3) is 0.333. The van der Waals surface area contributed by atoms with Gasteiger partial charge in [-0.2, -0.15) is 0 Å². The van der Waals surface area contributed by atoms with Crippen LogP contribution in [0.25, 0.3) is 0 Å². The lowest BCUT2D eigenvalue weighted by Crippen LogP contribution is -2.07. The van der Waals surface area contributed by atoms with E-state index in [1.54, 1.807) is 11.3 Å². The maximum atomic E-state index is 3.34. The van der Waals surface area contributed by atoms with Crippen molar-refractivity contribution in [3.8, 4) is 0 Å². The van der Waals surface area contributed by atoms with E-state index in [0.717, 1.165) is 6.54 Å². The SMILES string of the molecule is c1cc2c(s1)NCCS2. The quantitative estimate of drug-likeness (QED) is 0.620. The van der Waals surface area contributed by atoms with E-state index in [4.69, 9.17) is 0 Å². The van der Waals surface area contributed by atoms with E-state index in [2.05, 4.69) is 16.8 Å². The Labute approximate surface area is 62.5 Å². The number of hydrogen-bond acceptors (Lipinski definition) is 3. The minimum Gasteiger partial charge on any atom is -0.375 e. The largest absolute Gasteiger partial charge is 0.375 e. The van der Waals surface area contributed by atoms with Crippen LogP contribution in [0.2, 0.25) is 0 Å². The van der Waals surface area contributed by atoms with Crippen LogP contribution in [0.1, 0.15) is 0 Å². The van der Waals surface area contributed by atoms with Crippen LogP contribution in [-0.4, -0.2) is 12.3 Å². The summed E-state index contributed by atoms with van der Waals surface area (Å²) in [5.74, 6) is 1.21. The van der Waals surface area contributed by atoms with Gasteiger partial charge in [-0.3, -0.25) is 0 Å². The average Bonchev–Trinajstić information content (AvgIpc) is 2.33.